The van der Waals surface area contributed by atoms with E-state index in [1.54, 1.807) is 0 Å². The van der Waals surface area contributed by atoms with Gasteiger partial charge in [-0.2, -0.15) is 0 Å². The fourth-order valence-electron chi connectivity index (χ4n) is 5.25. The lowest BCUT2D eigenvalue weighted by Crippen LogP contribution is -2.05. The minimum absolute atomic E-state index is 0.0224. The van der Waals surface area contributed by atoms with E-state index in [4.69, 9.17) is 4.74 Å². The lowest BCUT2D eigenvalue weighted by Gasteiger charge is -2.06. The minimum atomic E-state index is 0.0224. The molecule has 0 aliphatic rings. The molecule has 2 nitrogen and oxygen atoms in total. The molecule has 0 radical (unpaired) electrons. The summed E-state index contributed by atoms with van der Waals surface area (Å²) in [5.41, 5.74) is 0. The molecule has 0 N–H and O–H groups in total. The summed E-state index contributed by atoms with van der Waals surface area (Å²) in [5, 5.41) is 0. The standard InChI is InChI=1S/C36H70O2/c1-3-5-7-9-11-13-15-16-17-18-19-20-21-22-23-24-25-26-28-30-32-34-36(37)38-35-33-31-29-27-14-12-10-8-6-4-2/h16-17H,3-15,18-35H2,1-2H3. The van der Waals surface area contributed by atoms with Crippen LogP contribution in [-0.2, 0) is 9.53 Å². The van der Waals surface area contributed by atoms with E-state index >= 15 is 0 Å². The molecule has 0 bridgehead atoms. The molecular weight excluding hydrogens is 464 g/mol. The monoisotopic (exact) mass is 535 g/mol. The van der Waals surface area contributed by atoms with Gasteiger partial charge in [-0.05, 0) is 38.5 Å². The zero-order chi connectivity index (χ0) is 27.6. The second kappa shape index (κ2) is 34.2. The van der Waals surface area contributed by atoms with Gasteiger partial charge in [-0.15, -0.1) is 0 Å². The fraction of sp³-hybridized carbons (Fsp3) is 0.917. The normalized spacial score (nSPS) is 11.5. The van der Waals surface area contributed by atoms with Crippen LogP contribution < -0.4 is 0 Å². The Kier molecular flexibility index (Phi) is 33.5. The molecule has 0 saturated carbocycles. The molecule has 0 unspecified atom stereocenters. The summed E-state index contributed by atoms with van der Waals surface area (Å²) in [6.07, 6.45) is 44.2. The van der Waals surface area contributed by atoms with Gasteiger partial charge in [-0.1, -0.05) is 174 Å². The van der Waals surface area contributed by atoms with Crippen molar-refractivity contribution in [3.63, 3.8) is 0 Å². The third-order valence-electron chi connectivity index (χ3n) is 7.90. The number of hydrogen-bond acceptors (Lipinski definition) is 2. The molecule has 226 valence electrons. The third-order valence-corrected chi connectivity index (χ3v) is 7.90. The summed E-state index contributed by atoms with van der Waals surface area (Å²) < 4.78 is 5.42. The fourth-order valence-corrected chi connectivity index (χ4v) is 5.25. The first-order valence-electron chi connectivity index (χ1n) is 17.6. The van der Waals surface area contributed by atoms with Crippen LogP contribution in [0.5, 0.6) is 0 Å². The smallest absolute Gasteiger partial charge is 0.305 e. The van der Waals surface area contributed by atoms with Crippen molar-refractivity contribution >= 4 is 5.97 Å². The van der Waals surface area contributed by atoms with Gasteiger partial charge >= 0.3 is 5.97 Å². The van der Waals surface area contributed by atoms with Gasteiger partial charge in [-0.3, -0.25) is 4.79 Å². The van der Waals surface area contributed by atoms with Gasteiger partial charge < -0.3 is 4.74 Å². The molecule has 0 amide bonds. The average molecular weight is 535 g/mol. The number of carbonyl (C=O) groups excluding carboxylic acids is 1. The van der Waals surface area contributed by atoms with E-state index in [2.05, 4.69) is 26.0 Å². The second-order valence-electron chi connectivity index (χ2n) is 11.9. The van der Waals surface area contributed by atoms with Gasteiger partial charge in [-0.25, -0.2) is 0 Å². The molecule has 0 heterocycles. The van der Waals surface area contributed by atoms with E-state index in [9.17, 15) is 4.79 Å². The summed E-state index contributed by atoms with van der Waals surface area (Å²) in [6.45, 7) is 5.19. The van der Waals surface area contributed by atoms with E-state index in [-0.39, 0.29) is 5.97 Å². The van der Waals surface area contributed by atoms with Crippen molar-refractivity contribution in [3.05, 3.63) is 12.2 Å². The molecule has 0 aromatic rings. The summed E-state index contributed by atoms with van der Waals surface area (Å²) in [5.74, 6) is 0.0224. The Morgan fingerprint density at radius 3 is 1.13 bits per heavy atom. The molecule has 0 aliphatic heterocycles. The molecule has 0 aromatic carbocycles. The van der Waals surface area contributed by atoms with Crippen LogP contribution in [-0.4, -0.2) is 12.6 Å². The quantitative estimate of drug-likeness (QED) is 0.0487. The van der Waals surface area contributed by atoms with Gasteiger partial charge in [0.25, 0.3) is 0 Å². The van der Waals surface area contributed by atoms with Crippen LogP contribution in [0.3, 0.4) is 0 Å². The maximum absolute atomic E-state index is 11.9. The molecule has 0 aliphatic carbocycles. The van der Waals surface area contributed by atoms with Gasteiger partial charge in [0, 0.05) is 6.42 Å². The predicted molar refractivity (Wildman–Crippen MR) is 170 cm³/mol. The van der Waals surface area contributed by atoms with Crippen molar-refractivity contribution in [3.8, 4) is 0 Å². The van der Waals surface area contributed by atoms with Crippen molar-refractivity contribution in [1.82, 2.24) is 0 Å². The molecule has 0 saturated heterocycles. The van der Waals surface area contributed by atoms with Crippen LogP contribution in [0, 0.1) is 0 Å². The summed E-state index contributed by atoms with van der Waals surface area (Å²) in [4.78, 5) is 11.9. The first-order valence-corrected chi connectivity index (χ1v) is 17.6. The number of hydrogen-bond donors (Lipinski definition) is 0. The van der Waals surface area contributed by atoms with E-state index in [0.29, 0.717) is 13.0 Å². The van der Waals surface area contributed by atoms with Gasteiger partial charge in [0.05, 0.1) is 6.61 Å². The van der Waals surface area contributed by atoms with Crippen LogP contribution in [0.4, 0.5) is 0 Å². The van der Waals surface area contributed by atoms with Crippen molar-refractivity contribution in [2.24, 2.45) is 0 Å². The van der Waals surface area contributed by atoms with Gasteiger partial charge in [0.1, 0.15) is 0 Å². The highest BCUT2D eigenvalue weighted by Crippen LogP contribution is 2.14. The Morgan fingerprint density at radius 1 is 0.421 bits per heavy atom. The second-order valence-corrected chi connectivity index (χ2v) is 11.9. The summed E-state index contributed by atoms with van der Waals surface area (Å²) in [6, 6.07) is 0. The predicted octanol–water partition coefficient (Wildman–Crippen LogP) is 12.8. The van der Waals surface area contributed by atoms with Crippen LogP contribution in [0.2, 0.25) is 0 Å². The molecule has 0 aromatic heterocycles. The maximum Gasteiger partial charge on any atom is 0.305 e. The first kappa shape index (κ1) is 37.2. The summed E-state index contributed by atoms with van der Waals surface area (Å²) >= 11 is 0. The van der Waals surface area contributed by atoms with Crippen molar-refractivity contribution < 1.29 is 9.53 Å². The minimum Gasteiger partial charge on any atom is -0.466 e. The summed E-state index contributed by atoms with van der Waals surface area (Å²) in [7, 11) is 0. The Balaban J connectivity index is 3.17. The number of esters is 1. The first-order chi connectivity index (χ1) is 18.8. The number of ether oxygens (including phenoxy) is 1. The van der Waals surface area contributed by atoms with Crippen LogP contribution in [0.1, 0.15) is 206 Å². The van der Waals surface area contributed by atoms with Crippen LogP contribution >= 0.6 is 0 Å². The Labute approximate surface area is 240 Å². The maximum atomic E-state index is 11.9. The SMILES string of the molecule is CCCCCCCCC=CCCCCCCCCCCCCCC(=O)OCCCCCCCCCCCC. The van der Waals surface area contributed by atoms with E-state index < -0.39 is 0 Å². The molecule has 0 rings (SSSR count). The number of allylic oxidation sites excluding steroid dienone is 2. The average Bonchev–Trinajstić information content (AvgIpc) is 2.92. The van der Waals surface area contributed by atoms with Crippen molar-refractivity contribution in [2.75, 3.05) is 6.61 Å². The highest BCUT2D eigenvalue weighted by atomic mass is 16.5. The van der Waals surface area contributed by atoms with Crippen LogP contribution in [0.15, 0.2) is 12.2 Å². The highest BCUT2D eigenvalue weighted by molar-refractivity contribution is 5.69. The number of rotatable bonds is 32. The van der Waals surface area contributed by atoms with Crippen molar-refractivity contribution in [1.29, 1.82) is 0 Å². The third kappa shape index (κ3) is 33.2. The van der Waals surface area contributed by atoms with E-state index in [1.165, 1.54) is 173 Å². The molecule has 2 heteroatoms. The Morgan fingerprint density at radius 2 is 0.737 bits per heavy atom. The van der Waals surface area contributed by atoms with E-state index in [1.807, 2.05) is 0 Å². The molecule has 0 fully saturated rings. The topological polar surface area (TPSA) is 26.3 Å². The highest BCUT2D eigenvalue weighted by Gasteiger charge is 2.02. The molecule has 0 spiro atoms. The largest absolute Gasteiger partial charge is 0.466 e. The molecule has 38 heavy (non-hydrogen) atoms. The Hall–Kier alpha value is -0.790. The Bertz CT molecular complexity index is 470. The number of unbranched alkanes of at least 4 members (excludes halogenated alkanes) is 26. The van der Waals surface area contributed by atoms with Crippen LogP contribution in [0.25, 0.3) is 0 Å². The zero-order valence-corrected chi connectivity index (χ0v) is 26.4. The van der Waals surface area contributed by atoms with E-state index in [0.717, 1.165) is 12.8 Å². The van der Waals surface area contributed by atoms with Gasteiger partial charge in [0.15, 0.2) is 0 Å². The molecule has 0 atom stereocenters. The van der Waals surface area contributed by atoms with Gasteiger partial charge in [0.2, 0.25) is 0 Å². The lowest BCUT2D eigenvalue weighted by atomic mass is 10.0. The van der Waals surface area contributed by atoms with Crippen molar-refractivity contribution in [2.45, 2.75) is 206 Å². The molecular formula is C36H70O2. The lowest BCUT2D eigenvalue weighted by molar-refractivity contribution is -0.143. The number of carbonyl (C=O) groups is 1. The zero-order valence-electron chi connectivity index (χ0n) is 26.4.